The molecule has 0 radical (unpaired) electrons. The van der Waals surface area contributed by atoms with Gasteiger partial charge in [-0.15, -0.1) is 0 Å². The molecule has 22 heavy (non-hydrogen) atoms. The van der Waals surface area contributed by atoms with Gasteiger partial charge in [0, 0.05) is 13.0 Å². The lowest BCUT2D eigenvalue weighted by atomic mass is 9.98. The monoisotopic (exact) mass is 315 g/mol. The number of carbonyl (C=O) groups excluding carboxylic acids is 2. The van der Waals surface area contributed by atoms with Crippen LogP contribution in [0.1, 0.15) is 46.5 Å². The third-order valence-corrected chi connectivity index (χ3v) is 3.35. The van der Waals surface area contributed by atoms with Crippen LogP contribution in [0.15, 0.2) is 0 Å². The number of hydrogen-bond donors (Lipinski definition) is 4. The molecule has 0 aliphatic carbocycles. The normalized spacial score (nSPS) is 15.2. The Hall–Kier alpha value is -1.47. The van der Waals surface area contributed by atoms with E-state index in [1.807, 2.05) is 0 Å². The average Bonchev–Trinajstić information content (AvgIpc) is 2.39. The highest BCUT2D eigenvalue weighted by Crippen LogP contribution is 2.09. The Kier molecular flexibility index (Phi) is 9.60. The minimum Gasteiger partial charge on any atom is -0.481 e. The van der Waals surface area contributed by atoms with Crippen LogP contribution in [-0.4, -0.2) is 41.4 Å². The molecule has 0 fully saturated rings. The first-order valence-corrected chi connectivity index (χ1v) is 7.66. The second-order valence-electron chi connectivity index (χ2n) is 6.30. The average molecular weight is 315 g/mol. The van der Waals surface area contributed by atoms with Crippen LogP contribution in [0.25, 0.3) is 0 Å². The first kappa shape index (κ1) is 20.5. The molecule has 7 heteroatoms. The Balaban J connectivity index is 4.05. The number of rotatable bonds is 11. The fourth-order valence-corrected chi connectivity index (χ4v) is 2.21. The van der Waals surface area contributed by atoms with Crippen molar-refractivity contribution in [3.05, 3.63) is 0 Å². The van der Waals surface area contributed by atoms with Crippen LogP contribution >= 0.6 is 0 Å². The van der Waals surface area contributed by atoms with E-state index in [0.29, 0.717) is 18.4 Å². The number of Topliss-reactive ketones (excluding diaryl/α,β-unsaturated/α-hetero) is 1. The summed E-state index contributed by atoms with van der Waals surface area (Å²) in [7, 11) is 0. The summed E-state index contributed by atoms with van der Waals surface area (Å²) in [5.41, 5.74) is 11.2. The predicted molar refractivity (Wildman–Crippen MR) is 84.1 cm³/mol. The molecule has 128 valence electrons. The smallest absolute Gasteiger partial charge is 0.305 e. The van der Waals surface area contributed by atoms with Crippen LogP contribution in [0.4, 0.5) is 0 Å². The van der Waals surface area contributed by atoms with Crippen molar-refractivity contribution in [3.63, 3.8) is 0 Å². The van der Waals surface area contributed by atoms with Gasteiger partial charge in [0.1, 0.15) is 5.78 Å². The Morgan fingerprint density at radius 3 is 2.18 bits per heavy atom. The predicted octanol–water partition coefficient (Wildman–Crippen LogP) is 0.263. The third kappa shape index (κ3) is 9.46. The first-order chi connectivity index (χ1) is 10.1. The van der Waals surface area contributed by atoms with Gasteiger partial charge in [0.25, 0.3) is 0 Å². The minimum atomic E-state index is -1.12. The molecule has 0 rings (SSSR count). The van der Waals surface area contributed by atoms with Gasteiger partial charge in [0.15, 0.2) is 0 Å². The van der Waals surface area contributed by atoms with E-state index in [4.69, 9.17) is 16.6 Å². The summed E-state index contributed by atoms with van der Waals surface area (Å²) in [6.45, 7) is 6.85. The number of nitrogens with one attached hydrogen (secondary N) is 1. The zero-order valence-corrected chi connectivity index (χ0v) is 13.7. The summed E-state index contributed by atoms with van der Waals surface area (Å²) in [4.78, 5) is 33.9. The van der Waals surface area contributed by atoms with Crippen LogP contribution in [0.3, 0.4) is 0 Å². The summed E-state index contributed by atoms with van der Waals surface area (Å²) in [6, 6.07) is -1.83. The quantitative estimate of drug-likeness (QED) is 0.432. The molecule has 3 atom stereocenters. The molecule has 7 nitrogen and oxygen atoms in total. The highest BCUT2D eigenvalue weighted by molar-refractivity contribution is 5.88. The van der Waals surface area contributed by atoms with E-state index in [1.54, 1.807) is 0 Å². The zero-order valence-electron chi connectivity index (χ0n) is 13.7. The molecule has 0 aliphatic rings. The minimum absolute atomic E-state index is 0.00454. The molecule has 0 saturated heterocycles. The molecule has 6 N–H and O–H groups in total. The molecular weight excluding hydrogens is 286 g/mol. The van der Waals surface area contributed by atoms with Crippen molar-refractivity contribution in [2.75, 3.05) is 6.54 Å². The number of nitrogens with two attached hydrogens (primary N) is 2. The van der Waals surface area contributed by atoms with Gasteiger partial charge in [-0.3, -0.25) is 14.4 Å². The third-order valence-electron chi connectivity index (χ3n) is 3.35. The molecular formula is C15H29N3O4. The van der Waals surface area contributed by atoms with E-state index in [1.165, 1.54) is 0 Å². The lowest BCUT2D eigenvalue weighted by Crippen LogP contribution is -2.43. The van der Waals surface area contributed by atoms with Crippen molar-refractivity contribution < 1.29 is 19.5 Å². The first-order valence-electron chi connectivity index (χ1n) is 7.66. The number of carboxylic acids is 1. The van der Waals surface area contributed by atoms with Crippen LogP contribution in [0, 0.1) is 11.8 Å². The van der Waals surface area contributed by atoms with Crippen molar-refractivity contribution >= 4 is 17.7 Å². The van der Waals surface area contributed by atoms with Crippen LogP contribution < -0.4 is 16.8 Å². The van der Waals surface area contributed by atoms with Gasteiger partial charge >= 0.3 is 5.97 Å². The zero-order chi connectivity index (χ0) is 17.3. The van der Waals surface area contributed by atoms with Gasteiger partial charge < -0.3 is 21.9 Å². The fraction of sp³-hybridized carbons (Fsp3) is 0.800. The molecule has 2 unspecified atom stereocenters. The lowest BCUT2D eigenvalue weighted by molar-refractivity contribution is -0.139. The second kappa shape index (κ2) is 10.3. The highest BCUT2D eigenvalue weighted by atomic mass is 16.4. The lowest BCUT2D eigenvalue weighted by Gasteiger charge is -2.17. The van der Waals surface area contributed by atoms with Crippen LogP contribution in [-0.2, 0) is 14.4 Å². The molecule has 0 saturated carbocycles. The summed E-state index contributed by atoms with van der Waals surface area (Å²) in [6.07, 6.45) is 0.770. The number of carboxylic acid groups (broad SMARTS) is 1. The number of aliphatic carboxylic acids is 1. The molecule has 0 aromatic rings. The SMILES string of the molecule is CC(C)CC(C)CNC(=O)C(N)CCC(=O)[C@H](N)CC(=O)O. The molecule has 0 aromatic carbocycles. The van der Waals surface area contributed by atoms with E-state index in [2.05, 4.69) is 26.1 Å². The van der Waals surface area contributed by atoms with Crippen molar-refractivity contribution in [2.45, 2.75) is 58.5 Å². The molecule has 0 aromatic heterocycles. The topological polar surface area (TPSA) is 136 Å². The van der Waals surface area contributed by atoms with E-state index >= 15 is 0 Å². The summed E-state index contributed by atoms with van der Waals surface area (Å²) in [5.74, 6) is -0.883. The van der Waals surface area contributed by atoms with Crippen LogP contribution in [0.5, 0.6) is 0 Å². The van der Waals surface area contributed by atoms with Gasteiger partial charge in [-0.2, -0.15) is 0 Å². The number of carbonyl (C=O) groups is 3. The Morgan fingerprint density at radius 1 is 1.09 bits per heavy atom. The van der Waals surface area contributed by atoms with Crippen molar-refractivity contribution in [2.24, 2.45) is 23.3 Å². The molecule has 0 aliphatic heterocycles. The number of hydrogen-bond acceptors (Lipinski definition) is 5. The maximum Gasteiger partial charge on any atom is 0.305 e. The van der Waals surface area contributed by atoms with Gasteiger partial charge in [0.2, 0.25) is 5.91 Å². The van der Waals surface area contributed by atoms with E-state index < -0.39 is 24.5 Å². The standard InChI is InChI=1S/C15H29N3O4/c1-9(2)6-10(3)8-18-15(22)11(16)4-5-13(19)12(17)7-14(20)21/h9-12H,4-8,16-17H2,1-3H3,(H,18,22)(H,20,21)/t10?,11?,12-/m1/s1. The largest absolute Gasteiger partial charge is 0.481 e. The Labute approximate surface area is 131 Å². The Bertz CT molecular complexity index is 385. The fourth-order valence-electron chi connectivity index (χ4n) is 2.21. The Morgan fingerprint density at radius 2 is 1.68 bits per heavy atom. The molecule has 0 heterocycles. The second-order valence-corrected chi connectivity index (χ2v) is 6.30. The number of ketones is 1. The summed E-state index contributed by atoms with van der Waals surface area (Å²) < 4.78 is 0. The van der Waals surface area contributed by atoms with Gasteiger partial charge in [0.05, 0.1) is 18.5 Å². The maximum absolute atomic E-state index is 11.8. The van der Waals surface area contributed by atoms with Crippen molar-refractivity contribution in [1.29, 1.82) is 0 Å². The van der Waals surface area contributed by atoms with Gasteiger partial charge in [-0.05, 0) is 24.7 Å². The van der Waals surface area contributed by atoms with E-state index in [9.17, 15) is 14.4 Å². The number of amides is 1. The summed E-state index contributed by atoms with van der Waals surface area (Å²) in [5, 5.41) is 11.3. The van der Waals surface area contributed by atoms with Gasteiger partial charge in [-0.25, -0.2) is 0 Å². The van der Waals surface area contributed by atoms with Crippen molar-refractivity contribution in [3.8, 4) is 0 Å². The maximum atomic E-state index is 11.8. The summed E-state index contributed by atoms with van der Waals surface area (Å²) >= 11 is 0. The van der Waals surface area contributed by atoms with E-state index in [0.717, 1.165) is 6.42 Å². The molecule has 0 spiro atoms. The van der Waals surface area contributed by atoms with Crippen molar-refractivity contribution in [1.82, 2.24) is 5.32 Å². The van der Waals surface area contributed by atoms with E-state index in [-0.39, 0.29) is 24.5 Å². The van der Waals surface area contributed by atoms with Crippen LogP contribution in [0.2, 0.25) is 0 Å². The highest BCUT2D eigenvalue weighted by Gasteiger charge is 2.20. The van der Waals surface area contributed by atoms with Gasteiger partial charge in [-0.1, -0.05) is 20.8 Å². The molecule has 0 bridgehead atoms. The molecule has 1 amide bonds.